The van der Waals surface area contributed by atoms with Gasteiger partial charge >= 0.3 is 0 Å². The van der Waals surface area contributed by atoms with Crippen molar-refractivity contribution in [1.82, 2.24) is 5.43 Å². The minimum atomic E-state index is -0.398. The van der Waals surface area contributed by atoms with Crippen molar-refractivity contribution in [2.24, 2.45) is 5.10 Å². The summed E-state index contributed by atoms with van der Waals surface area (Å²) < 4.78 is 0. The van der Waals surface area contributed by atoms with Crippen LogP contribution < -0.4 is 10.7 Å². The maximum atomic E-state index is 12.3. The number of aryl methyl sites for hydroxylation is 1. The van der Waals surface area contributed by atoms with Gasteiger partial charge in [0, 0.05) is 11.3 Å². The predicted molar refractivity (Wildman–Crippen MR) is 112 cm³/mol. The maximum Gasteiger partial charge on any atom is 0.272 e. The summed E-state index contributed by atoms with van der Waals surface area (Å²) in [6.45, 7) is 1.97. The summed E-state index contributed by atoms with van der Waals surface area (Å²) in [6.07, 6.45) is 1.50. The normalized spacial score (nSPS) is 10.6. The molecule has 2 N–H and O–H groups in total. The molecule has 2 amide bonds. The zero-order chi connectivity index (χ0) is 19.9. The van der Waals surface area contributed by atoms with Crippen molar-refractivity contribution in [3.8, 4) is 0 Å². The van der Waals surface area contributed by atoms with Crippen LogP contribution in [0, 0.1) is 6.92 Å². The van der Waals surface area contributed by atoms with E-state index in [-0.39, 0.29) is 5.91 Å². The van der Waals surface area contributed by atoms with Crippen LogP contribution in [0.2, 0.25) is 5.02 Å². The van der Waals surface area contributed by atoms with Gasteiger partial charge in [-0.1, -0.05) is 53.6 Å². The van der Waals surface area contributed by atoms with Crippen molar-refractivity contribution in [2.75, 3.05) is 5.32 Å². The highest BCUT2D eigenvalue weighted by Gasteiger charge is 2.08. The molecular formula is C22H18ClN3O2. The molecule has 0 aromatic heterocycles. The minimum absolute atomic E-state index is 0.193. The molecule has 0 aliphatic heterocycles. The fourth-order valence-electron chi connectivity index (χ4n) is 2.48. The Labute approximate surface area is 168 Å². The van der Waals surface area contributed by atoms with Crippen LogP contribution in [0.3, 0.4) is 0 Å². The summed E-state index contributed by atoms with van der Waals surface area (Å²) in [7, 11) is 0. The van der Waals surface area contributed by atoms with Crippen LogP contribution >= 0.6 is 11.6 Å². The van der Waals surface area contributed by atoms with E-state index in [1.165, 1.54) is 6.21 Å². The van der Waals surface area contributed by atoms with Crippen molar-refractivity contribution < 1.29 is 9.59 Å². The highest BCUT2D eigenvalue weighted by Crippen LogP contribution is 2.15. The molecule has 0 saturated heterocycles. The van der Waals surface area contributed by atoms with Gasteiger partial charge in [0.2, 0.25) is 0 Å². The molecule has 0 saturated carbocycles. The number of rotatable bonds is 5. The molecule has 3 aromatic carbocycles. The van der Waals surface area contributed by atoms with Gasteiger partial charge in [-0.3, -0.25) is 9.59 Å². The number of amides is 2. The van der Waals surface area contributed by atoms with Gasteiger partial charge in [0.1, 0.15) is 0 Å². The number of hydrazone groups is 1. The summed E-state index contributed by atoms with van der Waals surface area (Å²) in [4.78, 5) is 24.4. The maximum absolute atomic E-state index is 12.3. The zero-order valence-electron chi connectivity index (χ0n) is 15.1. The Bertz CT molecular complexity index is 1030. The van der Waals surface area contributed by atoms with Gasteiger partial charge < -0.3 is 5.32 Å². The fourth-order valence-corrected chi connectivity index (χ4v) is 2.70. The van der Waals surface area contributed by atoms with Crippen LogP contribution in [0.5, 0.6) is 0 Å². The SMILES string of the molecule is Cc1ccc(C(=O)Nc2cccc(/C=N/NC(=O)c3ccccc3Cl)c2)cc1. The first kappa shape index (κ1) is 19.3. The lowest BCUT2D eigenvalue weighted by Crippen LogP contribution is -2.18. The molecule has 0 heterocycles. The van der Waals surface area contributed by atoms with Gasteiger partial charge in [0.05, 0.1) is 16.8 Å². The molecule has 140 valence electrons. The molecule has 6 heteroatoms. The molecule has 0 bridgehead atoms. The minimum Gasteiger partial charge on any atom is -0.322 e. The summed E-state index contributed by atoms with van der Waals surface area (Å²) >= 11 is 5.99. The lowest BCUT2D eigenvalue weighted by Gasteiger charge is -2.06. The number of halogens is 1. The lowest BCUT2D eigenvalue weighted by atomic mass is 10.1. The van der Waals surface area contributed by atoms with Gasteiger partial charge in [-0.05, 0) is 48.9 Å². The summed E-state index contributed by atoms with van der Waals surface area (Å²) in [5.74, 6) is -0.591. The first-order valence-electron chi connectivity index (χ1n) is 8.59. The number of anilines is 1. The van der Waals surface area contributed by atoms with Gasteiger partial charge in [0.15, 0.2) is 0 Å². The molecule has 28 heavy (non-hydrogen) atoms. The Morgan fingerprint density at radius 3 is 2.43 bits per heavy atom. The largest absolute Gasteiger partial charge is 0.322 e. The van der Waals surface area contributed by atoms with Crippen molar-refractivity contribution in [3.63, 3.8) is 0 Å². The standard InChI is InChI=1S/C22H18ClN3O2/c1-15-9-11-17(12-10-15)21(27)25-18-6-4-5-16(13-18)14-24-26-22(28)19-7-2-3-8-20(19)23/h2-14H,1H3,(H,25,27)(H,26,28)/b24-14+. The summed E-state index contributed by atoms with van der Waals surface area (Å²) in [5.41, 5.74) is 5.81. The van der Waals surface area contributed by atoms with Gasteiger partial charge in [-0.25, -0.2) is 5.43 Å². The van der Waals surface area contributed by atoms with E-state index in [4.69, 9.17) is 11.6 Å². The number of hydrogen-bond donors (Lipinski definition) is 2. The predicted octanol–water partition coefficient (Wildman–Crippen LogP) is 4.66. The number of hydrogen-bond acceptors (Lipinski definition) is 3. The van der Waals surface area contributed by atoms with E-state index in [0.717, 1.165) is 11.1 Å². The molecule has 0 radical (unpaired) electrons. The van der Waals surface area contributed by atoms with Gasteiger partial charge in [-0.2, -0.15) is 5.10 Å². The molecule has 0 unspecified atom stereocenters. The second kappa shape index (κ2) is 8.97. The van der Waals surface area contributed by atoms with E-state index in [1.807, 2.05) is 25.1 Å². The van der Waals surface area contributed by atoms with E-state index < -0.39 is 5.91 Å². The molecule has 0 fully saturated rings. The first-order valence-corrected chi connectivity index (χ1v) is 8.97. The van der Waals surface area contributed by atoms with Crippen molar-refractivity contribution in [1.29, 1.82) is 0 Å². The number of nitrogens with zero attached hydrogens (tertiary/aromatic N) is 1. The van der Waals surface area contributed by atoms with E-state index in [9.17, 15) is 9.59 Å². The monoisotopic (exact) mass is 391 g/mol. The molecule has 0 aliphatic carbocycles. The van der Waals surface area contributed by atoms with Crippen LogP contribution in [0.1, 0.15) is 31.8 Å². The molecule has 3 aromatic rings. The fraction of sp³-hybridized carbons (Fsp3) is 0.0455. The van der Waals surface area contributed by atoms with Crippen molar-refractivity contribution >= 4 is 35.3 Å². The van der Waals surface area contributed by atoms with E-state index in [1.54, 1.807) is 54.6 Å². The summed E-state index contributed by atoms with van der Waals surface area (Å²) in [5, 5.41) is 7.15. The molecule has 0 spiro atoms. The van der Waals surface area contributed by atoms with Crippen LogP contribution in [-0.4, -0.2) is 18.0 Å². The Kier molecular flexibility index (Phi) is 6.19. The van der Waals surface area contributed by atoms with Crippen molar-refractivity contribution in [2.45, 2.75) is 6.92 Å². The van der Waals surface area contributed by atoms with Crippen LogP contribution in [0.4, 0.5) is 5.69 Å². The number of benzene rings is 3. The molecule has 0 aliphatic rings. The molecule has 3 rings (SSSR count). The van der Waals surface area contributed by atoms with E-state index >= 15 is 0 Å². The number of carbonyl (C=O) groups is 2. The van der Waals surface area contributed by atoms with E-state index in [0.29, 0.717) is 21.8 Å². The average Bonchev–Trinajstić information content (AvgIpc) is 2.69. The second-order valence-corrected chi connectivity index (χ2v) is 6.53. The third-order valence-corrected chi connectivity index (χ3v) is 4.29. The van der Waals surface area contributed by atoms with Crippen molar-refractivity contribution in [3.05, 3.63) is 100 Å². The Balaban J connectivity index is 1.63. The Morgan fingerprint density at radius 1 is 0.929 bits per heavy atom. The Morgan fingerprint density at radius 2 is 1.68 bits per heavy atom. The first-order chi connectivity index (χ1) is 13.5. The number of nitrogens with one attached hydrogen (secondary N) is 2. The topological polar surface area (TPSA) is 70.6 Å². The second-order valence-electron chi connectivity index (χ2n) is 6.12. The third-order valence-electron chi connectivity index (χ3n) is 3.96. The highest BCUT2D eigenvalue weighted by atomic mass is 35.5. The smallest absolute Gasteiger partial charge is 0.272 e. The highest BCUT2D eigenvalue weighted by molar-refractivity contribution is 6.33. The zero-order valence-corrected chi connectivity index (χ0v) is 15.9. The molecule has 5 nitrogen and oxygen atoms in total. The molecule has 0 atom stereocenters. The van der Waals surface area contributed by atoms with Gasteiger partial charge in [0.25, 0.3) is 11.8 Å². The quantitative estimate of drug-likeness (QED) is 0.490. The van der Waals surface area contributed by atoms with Crippen LogP contribution in [0.25, 0.3) is 0 Å². The van der Waals surface area contributed by atoms with Gasteiger partial charge in [-0.15, -0.1) is 0 Å². The Hall–Kier alpha value is -3.44. The lowest BCUT2D eigenvalue weighted by molar-refractivity contribution is 0.0954. The molecular weight excluding hydrogens is 374 g/mol. The van der Waals surface area contributed by atoms with E-state index in [2.05, 4.69) is 15.8 Å². The van der Waals surface area contributed by atoms with Crippen LogP contribution in [0.15, 0.2) is 77.9 Å². The summed E-state index contributed by atoms with van der Waals surface area (Å²) in [6, 6.07) is 21.2. The van der Waals surface area contributed by atoms with Crippen LogP contribution in [-0.2, 0) is 0 Å². The number of carbonyl (C=O) groups excluding carboxylic acids is 2. The third kappa shape index (κ3) is 5.05. The average molecular weight is 392 g/mol.